The molecule has 1 aliphatic heterocycles. The van der Waals surface area contributed by atoms with Crippen LogP contribution in [0.5, 0.6) is 0 Å². The first kappa shape index (κ1) is 15.0. The van der Waals surface area contributed by atoms with Gasteiger partial charge < -0.3 is 10.2 Å². The molecule has 0 aromatic heterocycles. The number of nitrogens with zero attached hydrogens (tertiary/aromatic N) is 1. The number of aryl methyl sites for hydroxylation is 1. The van der Waals surface area contributed by atoms with Gasteiger partial charge in [-0.3, -0.25) is 4.79 Å². The van der Waals surface area contributed by atoms with E-state index in [1.807, 2.05) is 17.0 Å². The van der Waals surface area contributed by atoms with Crippen LogP contribution < -0.4 is 5.32 Å². The van der Waals surface area contributed by atoms with Crippen LogP contribution >= 0.6 is 0 Å². The second-order valence-electron chi connectivity index (χ2n) is 5.97. The number of nitrogens with one attached hydrogen (secondary N) is 1. The number of carbonyl (C=O) groups excluding carboxylic acids is 1. The van der Waals surface area contributed by atoms with Gasteiger partial charge in [-0.1, -0.05) is 49.7 Å². The SMILES string of the molecule is CCCCc1ccc2ccccc2c1C(=O)N1CCNCC1. The van der Waals surface area contributed by atoms with Gasteiger partial charge in [0.05, 0.1) is 5.56 Å². The van der Waals surface area contributed by atoms with Crippen LogP contribution in [-0.2, 0) is 6.42 Å². The molecule has 3 rings (SSSR count). The van der Waals surface area contributed by atoms with E-state index >= 15 is 0 Å². The lowest BCUT2D eigenvalue weighted by Crippen LogP contribution is -2.46. The Kier molecular flexibility index (Phi) is 4.74. The van der Waals surface area contributed by atoms with E-state index < -0.39 is 0 Å². The predicted molar refractivity (Wildman–Crippen MR) is 91.3 cm³/mol. The second-order valence-corrected chi connectivity index (χ2v) is 5.97. The van der Waals surface area contributed by atoms with Gasteiger partial charge in [0.15, 0.2) is 0 Å². The van der Waals surface area contributed by atoms with Gasteiger partial charge in [0, 0.05) is 26.2 Å². The second kappa shape index (κ2) is 6.93. The van der Waals surface area contributed by atoms with Crippen LogP contribution in [0.15, 0.2) is 36.4 Å². The monoisotopic (exact) mass is 296 g/mol. The van der Waals surface area contributed by atoms with Crippen molar-refractivity contribution >= 4 is 16.7 Å². The van der Waals surface area contributed by atoms with Crippen molar-refractivity contribution < 1.29 is 4.79 Å². The van der Waals surface area contributed by atoms with Gasteiger partial charge in [-0.05, 0) is 29.2 Å². The third-order valence-electron chi connectivity index (χ3n) is 4.43. The van der Waals surface area contributed by atoms with Gasteiger partial charge in [-0.2, -0.15) is 0 Å². The number of carbonyl (C=O) groups is 1. The number of rotatable bonds is 4. The number of unbranched alkanes of at least 4 members (excludes halogenated alkanes) is 1. The maximum absolute atomic E-state index is 13.1. The third kappa shape index (κ3) is 3.00. The first-order chi connectivity index (χ1) is 10.8. The fraction of sp³-hybridized carbons (Fsp3) is 0.421. The molecule has 1 amide bonds. The van der Waals surface area contributed by atoms with E-state index in [0.717, 1.165) is 61.8 Å². The largest absolute Gasteiger partial charge is 0.336 e. The molecule has 116 valence electrons. The molecule has 0 unspecified atom stereocenters. The Morgan fingerprint density at radius 3 is 2.68 bits per heavy atom. The summed E-state index contributed by atoms with van der Waals surface area (Å²) in [6, 6.07) is 12.5. The quantitative estimate of drug-likeness (QED) is 0.939. The molecule has 0 bridgehead atoms. The molecule has 3 heteroatoms. The lowest BCUT2D eigenvalue weighted by Gasteiger charge is -2.28. The number of hydrogen-bond acceptors (Lipinski definition) is 2. The summed E-state index contributed by atoms with van der Waals surface area (Å²) in [4.78, 5) is 15.1. The molecular weight excluding hydrogens is 272 g/mol. The van der Waals surface area contributed by atoms with Crippen LogP contribution in [0.3, 0.4) is 0 Å². The summed E-state index contributed by atoms with van der Waals surface area (Å²) in [5, 5.41) is 5.56. The Morgan fingerprint density at radius 1 is 1.14 bits per heavy atom. The van der Waals surface area contributed by atoms with Crippen molar-refractivity contribution in [2.24, 2.45) is 0 Å². The van der Waals surface area contributed by atoms with Gasteiger partial charge in [-0.25, -0.2) is 0 Å². The molecule has 1 aliphatic rings. The topological polar surface area (TPSA) is 32.3 Å². The molecule has 1 N–H and O–H groups in total. The minimum absolute atomic E-state index is 0.199. The van der Waals surface area contributed by atoms with E-state index in [2.05, 4.69) is 36.5 Å². The Balaban J connectivity index is 2.04. The van der Waals surface area contributed by atoms with E-state index in [-0.39, 0.29) is 5.91 Å². The summed E-state index contributed by atoms with van der Waals surface area (Å²) in [5.74, 6) is 0.199. The average Bonchev–Trinajstić information content (AvgIpc) is 2.59. The zero-order chi connectivity index (χ0) is 15.4. The van der Waals surface area contributed by atoms with Gasteiger partial charge in [0.1, 0.15) is 0 Å². The first-order valence-electron chi connectivity index (χ1n) is 8.32. The summed E-state index contributed by atoms with van der Waals surface area (Å²) >= 11 is 0. The molecule has 1 heterocycles. The molecular formula is C19H24N2O. The van der Waals surface area contributed by atoms with Crippen LogP contribution in [0, 0.1) is 0 Å². The fourth-order valence-electron chi connectivity index (χ4n) is 3.17. The summed E-state index contributed by atoms with van der Waals surface area (Å²) in [6.45, 7) is 5.57. The van der Waals surface area contributed by atoms with Crippen LogP contribution in [0.4, 0.5) is 0 Å². The first-order valence-corrected chi connectivity index (χ1v) is 8.32. The highest BCUT2D eigenvalue weighted by atomic mass is 16.2. The van der Waals surface area contributed by atoms with Crippen LogP contribution in [0.1, 0.15) is 35.7 Å². The highest BCUT2D eigenvalue weighted by Gasteiger charge is 2.22. The predicted octanol–water partition coefficient (Wildman–Crippen LogP) is 3.23. The molecule has 2 aromatic carbocycles. The standard InChI is InChI=1S/C19H24N2O/c1-2-3-6-16-10-9-15-7-4-5-8-17(15)18(16)19(22)21-13-11-20-12-14-21/h4-5,7-10,20H,2-3,6,11-14H2,1H3. The number of hydrogen-bond donors (Lipinski definition) is 1. The zero-order valence-corrected chi connectivity index (χ0v) is 13.3. The lowest BCUT2D eigenvalue weighted by molar-refractivity contribution is 0.0736. The average molecular weight is 296 g/mol. The van der Waals surface area contributed by atoms with Crippen molar-refractivity contribution in [3.63, 3.8) is 0 Å². The highest BCUT2D eigenvalue weighted by Crippen LogP contribution is 2.25. The molecule has 0 spiro atoms. The normalized spacial score (nSPS) is 15.2. The maximum atomic E-state index is 13.1. The Labute approximate surface area is 132 Å². The molecule has 0 radical (unpaired) electrons. The van der Waals surface area contributed by atoms with Crippen molar-refractivity contribution in [3.05, 3.63) is 47.5 Å². The van der Waals surface area contributed by atoms with Gasteiger partial charge in [-0.15, -0.1) is 0 Å². The van der Waals surface area contributed by atoms with Crippen LogP contribution in [0.25, 0.3) is 10.8 Å². The van der Waals surface area contributed by atoms with E-state index in [1.54, 1.807) is 0 Å². The third-order valence-corrected chi connectivity index (χ3v) is 4.43. The lowest BCUT2D eigenvalue weighted by atomic mass is 9.94. The van der Waals surface area contributed by atoms with Crippen LogP contribution in [0.2, 0.25) is 0 Å². The molecule has 0 atom stereocenters. The maximum Gasteiger partial charge on any atom is 0.254 e. The van der Waals surface area contributed by atoms with E-state index in [0.29, 0.717) is 0 Å². The minimum Gasteiger partial charge on any atom is -0.336 e. The number of benzene rings is 2. The summed E-state index contributed by atoms with van der Waals surface area (Å²) < 4.78 is 0. The van der Waals surface area contributed by atoms with Crippen molar-refractivity contribution in [2.75, 3.05) is 26.2 Å². The molecule has 3 nitrogen and oxygen atoms in total. The highest BCUT2D eigenvalue weighted by molar-refractivity contribution is 6.08. The summed E-state index contributed by atoms with van der Waals surface area (Å²) in [6.07, 6.45) is 3.25. The molecule has 0 saturated carbocycles. The van der Waals surface area contributed by atoms with Crippen molar-refractivity contribution in [3.8, 4) is 0 Å². The zero-order valence-electron chi connectivity index (χ0n) is 13.3. The van der Waals surface area contributed by atoms with Gasteiger partial charge in [0.2, 0.25) is 0 Å². The summed E-state index contributed by atoms with van der Waals surface area (Å²) in [7, 11) is 0. The molecule has 1 saturated heterocycles. The Hall–Kier alpha value is -1.87. The van der Waals surface area contributed by atoms with Gasteiger partial charge >= 0.3 is 0 Å². The number of piperazine rings is 1. The summed E-state index contributed by atoms with van der Waals surface area (Å²) in [5.41, 5.74) is 2.12. The Bertz CT molecular complexity index is 660. The van der Waals surface area contributed by atoms with Crippen molar-refractivity contribution in [1.29, 1.82) is 0 Å². The number of fused-ring (bicyclic) bond motifs is 1. The van der Waals surface area contributed by atoms with Crippen molar-refractivity contribution in [1.82, 2.24) is 10.2 Å². The van der Waals surface area contributed by atoms with E-state index in [4.69, 9.17) is 0 Å². The molecule has 22 heavy (non-hydrogen) atoms. The van der Waals surface area contributed by atoms with Crippen LogP contribution in [-0.4, -0.2) is 37.0 Å². The van der Waals surface area contributed by atoms with E-state index in [1.165, 1.54) is 5.56 Å². The fourth-order valence-corrected chi connectivity index (χ4v) is 3.17. The molecule has 0 aliphatic carbocycles. The van der Waals surface area contributed by atoms with E-state index in [9.17, 15) is 4.79 Å². The minimum atomic E-state index is 0.199. The molecule has 2 aromatic rings. The smallest absolute Gasteiger partial charge is 0.254 e. The van der Waals surface area contributed by atoms with Crippen molar-refractivity contribution in [2.45, 2.75) is 26.2 Å². The molecule has 1 fully saturated rings. The Morgan fingerprint density at radius 2 is 1.91 bits per heavy atom. The van der Waals surface area contributed by atoms with Gasteiger partial charge in [0.25, 0.3) is 5.91 Å². The number of amides is 1.